The minimum atomic E-state index is -0.451. The van der Waals surface area contributed by atoms with E-state index in [9.17, 15) is 14.9 Å². The van der Waals surface area contributed by atoms with Crippen LogP contribution in [0.4, 0.5) is 10.8 Å². The zero-order valence-electron chi connectivity index (χ0n) is 17.6. The van der Waals surface area contributed by atoms with Crippen molar-refractivity contribution in [1.82, 2.24) is 9.88 Å². The van der Waals surface area contributed by atoms with Crippen LogP contribution in [0.3, 0.4) is 0 Å². The van der Waals surface area contributed by atoms with Gasteiger partial charge in [0.1, 0.15) is 5.75 Å². The number of fused-ring (bicyclic) bond motifs is 1. The first-order valence-corrected chi connectivity index (χ1v) is 10.5. The van der Waals surface area contributed by atoms with Crippen LogP contribution in [-0.2, 0) is 4.79 Å². The summed E-state index contributed by atoms with van der Waals surface area (Å²) in [5, 5.41) is 11.4. The number of benzene rings is 2. The van der Waals surface area contributed by atoms with Crippen molar-refractivity contribution in [3.8, 4) is 5.75 Å². The molecular formula is C22H24N4O4S. The summed E-state index contributed by atoms with van der Waals surface area (Å²) in [5.74, 6) is 0.550. The van der Waals surface area contributed by atoms with Gasteiger partial charge in [0, 0.05) is 24.8 Å². The molecule has 0 fully saturated rings. The number of nitrogens with zero attached hydrogens (tertiary/aromatic N) is 4. The smallest absolute Gasteiger partial charge is 0.269 e. The van der Waals surface area contributed by atoms with Crippen LogP contribution in [0, 0.1) is 10.1 Å². The van der Waals surface area contributed by atoms with Crippen LogP contribution < -0.4 is 9.64 Å². The van der Waals surface area contributed by atoms with E-state index in [0.29, 0.717) is 17.2 Å². The quantitative estimate of drug-likeness (QED) is 0.281. The first-order chi connectivity index (χ1) is 14.9. The Balaban J connectivity index is 1.83. The topological polar surface area (TPSA) is 88.8 Å². The van der Waals surface area contributed by atoms with Gasteiger partial charge < -0.3 is 9.64 Å². The largest absolute Gasteiger partial charge is 0.497 e. The molecule has 9 heteroatoms. The monoisotopic (exact) mass is 440 g/mol. The maximum atomic E-state index is 13.0. The summed E-state index contributed by atoms with van der Waals surface area (Å²) in [5.41, 5.74) is 1.53. The number of aromatic nitrogens is 1. The number of hydrogen-bond acceptors (Lipinski definition) is 7. The number of carbonyl (C=O) groups is 1. The zero-order chi connectivity index (χ0) is 22.4. The maximum absolute atomic E-state index is 13.0. The maximum Gasteiger partial charge on any atom is 0.269 e. The summed E-state index contributed by atoms with van der Waals surface area (Å²) in [4.78, 5) is 31.7. The zero-order valence-corrected chi connectivity index (χ0v) is 18.5. The summed E-state index contributed by atoms with van der Waals surface area (Å²) in [6.45, 7) is 1.37. The molecule has 8 nitrogen and oxygen atoms in total. The standard InChI is InChI=1S/C22H24N4O4S/c1-24(2)13-4-14-25(22-23-19-11-10-18(30-3)15-20(19)31-22)21(27)12-7-16-5-8-17(9-6-16)26(28)29/h5-12,15H,4,13-14H2,1-3H3/b12-7-. The van der Waals surface area contributed by atoms with Gasteiger partial charge in [-0.2, -0.15) is 0 Å². The van der Waals surface area contributed by atoms with Gasteiger partial charge in [-0.1, -0.05) is 11.3 Å². The van der Waals surface area contributed by atoms with Crippen LogP contribution in [0.1, 0.15) is 12.0 Å². The van der Waals surface area contributed by atoms with E-state index in [1.807, 2.05) is 32.3 Å². The number of rotatable bonds is 9. The second-order valence-corrected chi connectivity index (χ2v) is 8.17. The first kappa shape index (κ1) is 22.4. The second-order valence-electron chi connectivity index (χ2n) is 7.16. The highest BCUT2D eigenvalue weighted by molar-refractivity contribution is 7.22. The van der Waals surface area contributed by atoms with Crippen molar-refractivity contribution in [2.24, 2.45) is 0 Å². The lowest BCUT2D eigenvalue weighted by molar-refractivity contribution is -0.384. The second kappa shape index (κ2) is 10.1. The summed E-state index contributed by atoms with van der Waals surface area (Å²) in [6, 6.07) is 11.7. The molecule has 3 aromatic rings. The van der Waals surface area contributed by atoms with Crippen molar-refractivity contribution in [3.63, 3.8) is 0 Å². The van der Waals surface area contributed by atoms with Crippen LogP contribution in [-0.4, -0.2) is 55.0 Å². The molecule has 0 saturated heterocycles. The Kier molecular flexibility index (Phi) is 7.32. The van der Waals surface area contributed by atoms with Crippen LogP contribution >= 0.6 is 11.3 Å². The van der Waals surface area contributed by atoms with E-state index >= 15 is 0 Å². The molecule has 0 atom stereocenters. The highest BCUT2D eigenvalue weighted by atomic mass is 32.1. The molecule has 1 aromatic heterocycles. The lowest BCUT2D eigenvalue weighted by Crippen LogP contribution is -2.32. The highest BCUT2D eigenvalue weighted by Gasteiger charge is 2.18. The molecule has 0 saturated carbocycles. The SMILES string of the molecule is COc1ccc2nc(N(CCCN(C)C)C(=O)/C=C\c3ccc([N+](=O)[O-])cc3)sc2c1. The van der Waals surface area contributed by atoms with E-state index in [2.05, 4.69) is 9.88 Å². The van der Waals surface area contributed by atoms with Gasteiger partial charge in [-0.3, -0.25) is 19.8 Å². The summed E-state index contributed by atoms with van der Waals surface area (Å²) in [7, 11) is 5.60. The van der Waals surface area contributed by atoms with Crippen LogP contribution in [0.5, 0.6) is 5.75 Å². The van der Waals surface area contributed by atoms with Gasteiger partial charge in [0.25, 0.3) is 11.6 Å². The summed E-state index contributed by atoms with van der Waals surface area (Å²) < 4.78 is 6.22. The minimum absolute atomic E-state index is 0.0127. The average molecular weight is 441 g/mol. The highest BCUT2D eigenvalue weighted by Crippen LogP contribution is 2.31. The number of non-ortho nitro benzene ring substituents is 1. The summed E-state index contributed by atoms with van der Waals surface area (Å²) >= 11 is 1.44. The molecule has 162 valence electrons. The molecule has 1 heterocycles. The normalized spacial score (nSPS) is 11.4. The van der Waals surface area contributed by atoms with Crippen molar-refractivity contribution >= 4 is 44.4 Å². The molecule has 0 N–H and O–H groups in total. The van der Waals surface area contributed by atoms with E-state index in [1.54, 1.807) is 30.2 Å². The molecule has 31 heavy (non-hydrogen) atoms. The Morgan fingerprint density at radius 1 is 1.19 bits per heavy atom. The van der Waals surface area contributed by atoms with E-state index < -0.39 is 4.92 Å². The molecule has 0 radical (unpaired) electrons. The number of ether oxygens (including phenoxy) is 1. The van der Waals surface area contributed by atoms with Crippen LogP contribution in [0.15, 0.2) is 48.5 Å². The third kappa shape index (κ3) is 5.87. The molecule has 0 bridgehead atoms. The van der Waals surface area contributed by atoms with E-state index in [4.69, 9.17) is 4.74 Å². The van der Waals surface area contributed by atoms with Gasteiger partial charge in [-0.25, -0.2) is 4.98 Å². The number of amides is 1. The first-order valence-electron chi connectivity index (χ1n) is 9.70. The Hall–Kier alpha value is -3.30. The van der Waals surface area contributed by atoms with E-state index in [1.165, 1.54) is 29.5 Å². The van der Waals surface area contributed by atoms with Crippen molar-refractivity contribution < 1.29 is 14.5 Å². The molecular weight excluding hydrogens is 416 g/mol. The molecule has 0 unspecified atom stereocenters. The number of carbonyl (C=O) groups excluding carboxylic acids is 1. The molecule has 2 aromatic carbocycles. The average Bonchev–Trinajstić information content (AvgIpc) is 3.17. The van der Waals surface area contributed by atoms with Crippen LogP contribution in [0.2, 0.25) is 0 Å². The number of hydrogen-bond donors (Lipinski definition) is 0. The number of nitro benzene ring substituents is 1. The number of anilines is 1. The third-order valence-electron chi connectivity index (χ3n) is 4.59. The molecule has 0 aliphatic heterocycles. The van der Waals surface area contributed by atoms with Crippen molar-refractivity contribution in [1.29, 1.82) is 0 Å². The predicted octanol–water partition coefficient (Wildman–Crippen LogP) is 4.21. The van der Waals surface area contributed by atoms with Gasteiger partial charge in [0.15, 0.2) is 5.13 Å². The summed E-state index contributed by atoms with van der Waals surface area (Å²) in [6.07, 6.45) is 3.92. The fourth-order valence-electron chi connectivity index (χ4n) is 2.94. The van der Waals surface area contributed by atoms with Crippen molar-refractivity contribution in [2.45, 2.75) is 6.42 Å². The Morgan fingerprint density at radius 2 is 1.94 bits per heavy atom. The fourth-order valence-corrected chi connectivity index (χ4v) is 3.97. The fraction of sp³-hybridized carbons (Fsp3) is 0.273. The minimum Gasteiger partial charge on any atom is -0.497 e. The third-order valence-corrected chi connectivity index (χ3v) is 5.63. The van der Waals surface area contributed by atoms with Gasteiger partial charge in [-0.05, 0) is 69.0 Å². The molecule has 3 rings (SSSR count). The number of thiazole rings is 1. The van der Waals surface area contributed by atoms with E-state index in [0.717, 1.165) is 28.9 Å². The van der Waals surface area contributed by atoms with E-state index in [-0.39, 0.29) is 11.6 Å². The van der Waals surface area contributed by atoms with Crippen molar-refractivity contribution in [3.05, 3.63) is 64.2 Å². The molecule has 1 amide bonds. The van der Waals surface area contributed by atoms with Gasteiger partial charge >= 0.3 is 0 Å². The van der Waals surface area contributed by atoms with Gasteiger partial charge in [-0.15, -0.1) is 0 Å². The van der Waals surface area contributed by atoms with Crippen LogP contribution in [0.25, 0.3) is 16.3 Å². The number of methoxy groups -OCH3 is 1. The molecule has 0 aliphatic carbocycles. The lowest BCUT2D eigenvalue weighted by Gasteiger charge is -2.19. The van der Waals surface area contributed by atoms with Gasteiger partial charge in [0.2, 0.25) is 0 Å². The predicted molar refractivity (Wildman–Crippen MR) is 124 cm³/mol. The van der Waals surface area contributed by atoms with Gasteiger partial charge in [0.05, 0.1) is 22.2 Å². The van der Waals surface area contributed by atoms with Crippen molar-refractivity contribution in [2.75, 3.05) is 39.2 Å². The molecule has 0 aliphatic rings. The number of nitro groups is 1. The Labute approximate surface area is 184 Å². The molecule has 0 spiro atoms. The Bertz CT molecular complexity index is 1090. The lowest BCUT2D eigenvalue weighted by atomic mass is 10.2. The Morgan fingerprint density at radius 3 is 2.58 bits per heavy atom.